The summed E-state index contributed by atoms with van der Waals surface area (Å²) in [5, 5.41) is 0. The molecule has 15 heavy (non-hydrogen) atoms. The zero-order chi connectivity index (χ0) is 11.3. The third kappa shape index (κ3) is 3.44. The number of nitrogens with two attached hydrogens (primary N) is 1. The van der Waals surface area contributed by atoms with Crippen LogP contribution in [-0.2, 0) is 4.74 Å². The highest BCUT2D eigenvalue weighted by Gasteiger charge is 2.37. The van der Waals surface area contributed by atoms with Crippen molar-refractivity contribution in [3.8, 4) is 0 Å². The molecule has 1 aliphatic rings. The van der Waals surface area contributed by atoms with Gasteiger partial charge in [0, 0.05) is 24.5 Å². The molecule has 1 atom stereocenters. The molecule has 90 valence electrons. The quantitative estimate of drug-likeness (QED) is 0.681. The predicted octanol–water partition coefficient (Wildman–Crippen LogP) is 1.47. The van der Waals surface area contributed by atoms with Crippen LogP contribution < -0.4 is 5.73 Å². The van der Waals surface area contributed by atoms with Crippen LogP contribution in [-0.4, -0.2) is 43.8 Å². The highest BCUT2D eigenvalue weighted by atomic mass is 16.5. The molecule has 3 nitrogen and oxygen atoms in total. The van der Waals surface area contributed by atoms with Crippen LogP contribution >= 0.6 is 0 Å². The molecule has 0 aliphatic carbocycles. The first kappa shape index (κ1) is 12.9. The average Bonchev–Trinajstić information content (AvgIpc) is 2.64. The molecule has 3 heteroatoms. The lowest BCUT2D eigenvalue weighted by atomic mass is 9.85. The molecule has 1 aliphatic heterocycles. The van der Waals surface area contributed by atoms with Crippen LogP contribution in [0.5, 0.6) is 0 Å². The van der Waals surface area contributed by atoms with E-state index in [1.54, 1.807) is 0 Å². The number of likely N-dealkylation sites (tertiary alicyclic amines) is 1. The van der Waals surface area contributed by atoms with E-state index in [0.717, 1.165) is 6.61 Å². The van der Waals surface area contributed by atoms with Crippen molar-refractivity contribution in [3.05, 3.63) is 0 Å². The van der Waals surface area contributed by atoms with Gasteiger partial charge in [-0.2, -0.15) is 0 Å². The van der Waals surface area contributed by atoms with E-state index in [4.69, 9.17) is 10.5 Å². The second-order valence-electron chi connectivity index (χ2n) is 5.01. The first-order chi connectivity index (χ1) is 7.13. The topological polar surface area (TPSA) is 38.5 Å². The van der Waals surface area contributed by atoms with E-state index >= 15 is 0 Å². The molecule has 0 aromatic rings. The minimum atomic E-state index is 0.388. The third-order valence-corrected chi connectivity index (χ3v) is 3.62. The fourth-order valence-corrected chi connectivity index (χ4v) is 2.29. The number of ether oxygens (including phenoxy) is 1. The number of nitrogens with zero attached hydrogens (tertiary/aromatic N) is 1. The van der Waals surface area contributed by atoms with E-state index in [1.807, 2.05) is 0 Å². The number of hydrogen-bond acceptors (Lipinski definition) is 3. The minimum Gasteiger partial charge on any atom is -0.380 e. The molecule has 2 N–H and O–H groups in total. The Morgan fingerprint density at radius 1 is 1.47 bits per heavy atom. The Morgan fingerprint density at radius 3 is 2.67 bits per heavy atom. The van der Waals surface area contributed by atoms with Crippen molar-refractivity contribution in [2.75, 3.05) is 32.8 Å². The van der Waals surface area contributed by atoms with Crippen molar-refractivity contribution in [1.29, 1.82) is 0 Å². The second kappa shape index (κ2) is 5.83. The summed E-state index contributed by atoms with van der Waals surface area (Å²) in [5.41, 5.74) is 5.83. The van der Waals surface area contributed by atoms with Gasteiger partial charge in [-0.1, -0.05) is 6.92 Å². The molecule has 0 saturated carbocycles. The Kier molecular flexibility index (Phi) is 5.03. The maximum Gasteiger partial charge on any atom is 0.0589 e. The van der Waals surface area contributed by atoms with Gasteiger partial charge >= 0.3 is 0 Å². The Bertz CT molecular complexity index is 184. The average molecular weight is 214 g/mol. The largest absolute Gasteiger partial charge is 0.380 e. The zero-order valence-electron chi connectivity index (χ0n) is 10.5. The summed E-state index contributed by atoms with van der Waals surface area (Å²) in [6.45, 7) is 11.4. The van der Waals surface area contributed by atoms with Gasteiger partial charge in [0.05, 0.1) is 13.2 Å². The zero-order valence-corrected chi connectivity index (χ0v) is 10.5. The van der Waals surface area contributed by atoms with Gasteiger partial charge in [-0.3, -0.25) is 0 Å². The molecule has 1 rings (SSSR count). The fraction of sp³-hybridized carbons (Fsp3) is 1.00. The second-order valence-corrected chi connectivity index (χ2v) is 5.01. The first-order valence-electron chi connectivity index (χ1n) is 6.15. The van der Waals surface area contributed by atoms with Crippen LogP contribution in [0.15, 0.2) is 0 Å². The Balaban J connectivity index is 2.41. The summed E-state index contributed by atoms with van der Waals surface area (Å²) in [4.78, 5) is 2.55. The van der Waals surface area contributed by atoms with Crippen LogP contribution in [0.1, 0.15) is 33.6 Å². The molecule has 0 spiro atoms. The van der Waals surface area contributed by atoms with Gasteiger partial charge in [-0.05, 0) is 33.2 Å². The van der Waals surface area contributed by atoms with E-state index in [1.165, 1.54) is 25.9 Å². The van der Waals surface area contributed by atoms with Crippen molar-refractivity contribution in [2.24, 2.45) is 11.1 Å². The Morgan fingerprint density at radius 2 is 2.20 bits per heavy atom. The SMILES string of the molecule is CCC1(COCCN)CCN(C(C)C)C1. The summed E-state index contributed by atoms with van der Waals surface area (Å²) >= 11 is 0. The molecule has 1 fully saturated rings. The maximum absolute atomic E-state index is 5.64. The van der Waals surface area contributed by atoms with E-state index in [2.05, 4.69) is 25.7 Å². The van der Waals surface area contributed by atoms with Crippen molar-refractivity contribution >= 4 is 0 Å². The van der Waals surface area contributed by atoms with Crippen molar-refractivity contribution < 1.29 is 4.74 Å². The molecular weight excluding hydrogens is 188 g/mol. The van der Waals surface area contributed by atoms with E-state index in [9.17, 15) is 0 Å². The van der Waals surface area contributed by atoms with Crippen LogP contribution in [0.25, 0.3) is 0 Å². The normalized spacial score (nSPS) is 27.8. The molecule has 1 heterocycles. The molecule has 0 aromatic heterocycles. The van der Waals surface area contributed by atoms with E-state index in [0.29, 0.717) is 24.6 Å². The standard InChI is InChI=1S/C12H26N2O/c1-4-12(10-15-8-6-13)5-7-14(9-12)11(2)3/h11H,4-10,13H2,1-3H3. The number of hydrogen-bond donors (Lipinski definition) is 1. The lowest BCUT2D eigenvalue weighted by molar-refractivity contribution is 0.0470. The molecule has 1 saturated heterocycles. The van der Waals surface area contributed by atoms with Gasteiger partial charge in [0.15, 0.2) is 0 Å². The molecular formula is C12H26N2O. The highest BCUT2D eigenvalue weighted by molar-refractivity contribution is 4.90. The summed E-state index contributed by atoms with van der Waals surface area (Å²) in [5.74, 6) is 0. The van der Waals surface area contributed by atoms with Crippen molar-refractivity contribution in [2.45, 2.75) is 39.7 Å². The Labute approximate surface area is 94.0 Å². The summed E-state index contributed by atoms with van der Waals surface area (Å²) < 4.78 is 5.64. The number of rotatable bonds is 6. The molecule has 1 unspecified atom stereocenters. The monoisotopic (exact) mass is 214 g/mol. The lowest BCUT2D eigenvalue weighted by Crippen LogP contribution is -2.34. The van der Waals surface area contributed by atoms with Gasteiger partial charge in [-0.25, -0.2) is 0 Å². The highest BCUT2D eigenvalue weighted by Crippen LogP contribution is 2.34. The van der Waals surface area contributed by atoms with Crippen LogP contribution in [0.2, 0.25) is 0 Å². The van der Waals surface area contributed by atoms with Gasteiger partial charge in [0.25, 0.3) is 0 Å². The van der Waals surface area contributed by atoms with Gasteiger partial charge in [0.1, 0.15) is 0 Å². The maximum atomic E-state index is 5.64. The van der Waals surface area contributed by atoms with E-state index < -0.39 is 0 Å². The minimum absolute atomic E-state index is 0.388. The summed E-state index contributed by atoms with van der Waals surface area (Å²) in [7, 11) is 0. The molecule has 0 amide bonds. The summed E-state index contributed by atoms with van der Waals surface area (Å²) in [6.07, 6.45) is 2.48. The van der Waals surface area contributed by atoms with Gasteiger partial charge in [-0.15, -0.1) is 0 Å². The van der Waals surface area contributed by atoms with Gasteiger partial charge < -0.3 is 15.4 Å². The molecule has 0 radical (unpaired) electrons. The smallest absolute Gasteiger partial charge is 0.0589 e. The molecule has 0 aromatic carbocycles. The molecule has 0 bridgehead atoms. The van der Waals surface area contributed by atoms with Crippen LogP contribution in [0.4, 0.5) is 0 Å². The lowest BCUT2D eigenvalue weighted by Gasteiger charge is -2.29. The predicted molar refractivity (Wildman–Crippen MR) is 63.9 cm³/mol. The van der Waals surface area contributed by atoms with Crippen LogP contribution in [0, 0.1) is 5.41 Å². The fourth-order valence-electron chi connectivity index (χ4n) is 2.29. The van der Waals surface area contributed by atoms with E-state index in [-0.39, 0.29) is 0 Å². The Hall–Kier alpha value is -0.120. The van der Waals surface area contributed by atoms with Gasteiger partial charge in [0.2, 0.25) is 0 Å². The summed E-state index contributed by atoms with van der Waals surface area (Å²) in [6, 6.07) is 0.660. The first-order valence-corrected chi connectivity index (χ1v) is 6.15. The third-order valence-electron chi connectivity index (χ3n) is 3.62. The van der Waals surface area contributed by atoms with Crippen molar-refractivity contribution in [3.63, 3.8) is 0 Å². The van der Waals surface area contributed by atoms with Crippen LogP contribution in [0.3, 0.4) is 0 Å². The van der Waals surface area contributed by atoms with Crippen molar-refractivity contribution in [1.82, 2.24) is 4.90 Å².